The minimum absolute atomic E-state index is 0.0529. The average molecular weight is 468 g/mol. The van der Waals surface area contributed by atoms with E-state index in [-0.39, 0.29) is 22.4 Å². The highest BCUT2D eigenvalue weighted by Gasteiger charge is 2.62. The van der Waals surface area contributed by atoms with Crippen molar-refractivity contribution in [2.45, 2.75) is 38.1 Å². The number of hydrogen-bond acceptors (Lipinski definition) is 5. The molecule has 0 unspecified atom stereocenters. The molecule has 0 radical (unpaired) electrons. The molecule has 2 atom stereocenters. The van der Waals surface area contributed by atoms with Crippen LogP contribution < -0.4 is 5.32 Å². The van der Waals surface area contributed by atoms with Crippen LogP contribution in [0.4, 0.5) is 23.2 Å². The van der Waals surface area contributed by atoms with E-state index in [0.29, 0.717) is 16.7 Å². The van der Waals surface area contributed by atoms with Gasteiger partial charge in [-0.2, -0.15) is 13.2 Å². The topological polar surface area (TPSA) is 78.3 Å². The van der Waals surface area contributed by atoms with Gasteiger partial charge in [-0.25, -0.2) is 14.4 Å². The van der Waals surface area contributed by atoms with Crippen LogP contribution in [0.25, 0.3) is 16.5 Å². The zero-order valence-corrected chi connectivity index (χ0v) is 17.7. The molecule has 0 fully saturated rings. The van der Waals surface area contributed by atoms with E-state index in [1.807, 2.05) is 0 Å². The van der Waals surface area contributed by atoms with Gasteiger partial charge in [0.05, 0.1) is 16.6 Å². The van der Waals surface area contributed by atoms with Gasteiger partial charge < -0.3 is 15.5 Å². The summed E-state index contributed by atoms with van der Waals surface area (Å²) in [5.74, 6) is -1.53. The van der Waals surface area contributed by atoms with Crippen LogP contribution in [0.5, 0.6) is 5.75 Å². The number of allylic oxidation sites excluding steroid dienone is 1. The number of phenolic OH excluding ortho intramolecular Hbond substituents is 1. The lowest BCUT2D eigenvalue weighted by molar-refractivity contribution is -0.265. The minimum atomic E-state index is -5.06. The number of aromatic hydroxyl groups is 1. The van der Waals surface area contributed by atoms with Gasteiger partial charge in [-0.3, -0.25) is 0 Å². The van der Waals surface area contributed by atoms with Gasteiger partial charge in [0.15, 0.2) is 17.2 Å². The maximum absolute atomic E-state index is 14.3. The Morgan fingerprint density at radius 1 is 1.31 bits per heavy atom. The Labute approximate surface area is 185 Å². The van der Waals surface area contributed by atoms with Gasteiger partial charge in [0.25, 0.3) is 0 Å². The molecule has 1 aliphatic carbocycles. The van der Waals surface area contributed by atoms with Gasteiger partial charge in [0, 0.05) is 29.3 Å². The molecule has 3 N–H and O–H groups in total. The molecule has 0 aliphatic heterocycles. The van der Waals surface area contributed by atoms with Crippen LogP contribution in [0.1, 0.15) is 36.3 Å². The Balaban J connectivity index is 1.98. The quantitative estimate of drug-likeness (QED) is 0.422. The van der Waals surface area contributed by atoms with Gasteiger partial charge in [-0.15, -0.1) is 0 Å². The molecular formula is C22H18ClF4N3O2. The first-order valence-corrected chi connectivity index (χ1v) is 10.00. The molecule has 3 aromatic rings. The van der Waals surface area contributed by atoms with Gasteiger partial charge in [0.1, 0.15) is 5.82 Å². The number of nitrogens with one attached hydrogen (secondary N) is 1. The Kier molecular flexibility index (Phi) is 5.29. The predicted octanol–water partition coefficient (Wildman–Crippen LogP) is 5.69. The van der Waals surface area contributed by atoms with Gasteiger partial charge >= 0.3 is 6.18 Å². The summed E-state index contributed by atoms with van der Waals surface area (Å²) in [5, 5.41) is 24.0. The Morgan fingerprint density at radius 2 is 2.03 bits per heavy atom. The molecule has 1 aromatic heterocycles. The summed E-state index contributed by atoms with van der Waals surface area (Å²) in [4.78, 5) is 8.37. The van der Waals surface area contributed by atoms with E-state index < -0.39 is 40.8 Å². The van der Waals surface area contributed by atoms with E-state index in [1.54, 1.807) is 19.1 Å². The van der Waals surface area contributed by atoms with Crippen molar-refractivity contribution >= 4 is 33.8 Å². The van der Waals surface area contributed by atoms with Crippen molar-refractivity contribution in [1.82, 2.24) is 9.97 Å². The summed E-state index contributed by atoms with van der Waals surface area (Å²) in [5.41, 5.74) is -2.93. The molecular weight excluding hydrogens is 450 g/mol. The Bertz CT molecular complexity index is 1260. The van der Waals surface area contributed by atoms with Crippen molar-refractivity contribution in [3.8, 4) is 5.75 Å². The maximum Gasteiger partial charge on any atom is 0.419 e. The molecule has 2 aromatic carbocycles. The summed E-state index contributed by atoms with van der Waals surface area (Å²) in [6.45, 7) is 3.12. The summed E-state index contributed by atoms with van der Waals surface area (Å²) >= 11 is 5.86. The van der Waals surface area contributed by atoms with Crippen molar-refractivity contribution < 1.29 is 27.8 Å². The number of rotatable bonds is 2. The van der Waals surface area contributed by atoms with Crippen molar-refractivity contribution in [1.29, 1.82) is 0 Å². The molecule has 1 heterocycles. The lowest BCUT2D eigenvalue weighted by Crippen LogP contribution is -2.54. The largest absolute Gasteiger partial charge is 0.504 e. The zero-order chi connectivity index (χ0) is 23.4. The number of nitrogens with zero attached hydrogens (tertiary/aromatic N) is 2. The third-order valence-corrected chi connectivity index (χ3v) is 5.95. The monoisotopic (exact) mass is 467 g/mol. The molecule has 5 nitrogen and oxygen atoms in total. The van der Waals surface area contributed by atoms with Gasteiger partial charge in [-0.05, 0) is 43.2 Å². The van der Waals surface area contributed by atoms with E-state index in [0.717, 1.165) is 6.07 Å². The first-order chi connectivity index (χ1) is 15.0. The number of hydrogen-bond donors (Lipinski definition) is 3. The van der Waals surface area contributed by atoms with Crippen LogP contribution >= 0.6 is 11.6 Å². The second-order valence-electron chi connectivity index (χ2n) is 7.63. The van der Waals surface area contributed by atoms with Crippen LogP contribution in [0, 0.1) is 12.7 Å². The molecule has 0 amide bonds. The zero-order valence-electron chi connectivity index (χ0n) is 16.9. The van der Waals surface area contributed by atoms with E-state index in [2.05, 4.69) is 15.3 Å². The Morgan fingerprint density at radius 3 is 2.69 bits per heavy atom. The molecule has 0 bridgehead atoms. The SMILES string of the molecule is C/C=C1/C[C@](O)(C(F)(F)F)[C@@H](Nc2cccc3nc(C)ncc23)c2cc(Cl)c(F)c(O)c21. The molecule has 4 rings (SSSR count). The molecule has 32 heavy (non-hydrogen) atoms. The molecule has 168 valence electrons. The highest BCUT2D eigenvalue weighted by Crippen LogP contribution is 2.55. The van der Waals surface area contributed by atoms with Crippen molar-refractivity contribution in [2.24, 2.45) is 0 Å². The van der Waals surface area contributed by atoms with Crippen molar-refractivity contribution in [3.63, 3.8) is 0 Å². The van der Waals surface area contributed by atoms with E-state index in [1.165, 1.54) is 25.3 Å². The Hall–Kier alpha value is -2.91. The summed E-state index contributed by atoms with van der Waals surface area (Å²) in [6.07, 6.45) is -3.20. The van der Waals surface area contributed by atoms with Crippen LogP contribution in [-0.4, -0.2) is 32.0 Å². The second-order valence-corrected chi connectivity index (χ2v) is 8.04. The smallest absolute Gasteiger partial charge is 0.419 e. The second kappa shape index (κ2) is 7.60. The van der Waals surface area contributed by atoms with E-state index in [4.69, 9.17) is 11.6 Å². The summed E-state index contributed by atoms with van der Waals surface area (Å²) < 4.78 is 57.0. The first kappa shape index (κ1) is 22.3. The standard InChI is InChI=1S/C22H18ClF4N3O2/c1-3-11-8-21(32,22(25,26)27)20(12-7-14(23)18(24)19(31)17(11)12)30-16-6-4-5-15-13(16)9-28-10(2)29-15/h3-7,9,20,30-32H,8H2,1-2H3/b11-3-/t20-,21+/m0/s1. The highest BCUT2D eigenvalue weighted by molar-refractivity contribution is 6.31. The van der Waals surface area contributed by atoms with Crippen LogP contribution in [0.15, 0.2) is 36.5 Å². The summed E-state index contributed by atoms with van der Waals surface area (Å²) in [6, 6.07) is 3.98. The molecule has 0 spiro atoms. The third-order valence-electron chi connectivity index (χ3n) is 5.68. The fourth-order valence-electron chi connectivity index (χ4n) is 4.07. The molecule has 1 aliphatic rings. The van der Waals surface area contributed by atoms with E-state index >= 15 is 0 Å². The van der Waals surface area contributed by atoms with Crippen molar-refractivity contribution in [2.75, 3.05) is 5.32 Å². The lowest BCUT2D eigenvalue weighted by Gasteiger charge is -2.44. The average Bonchev–Trinajstić information content (AvgIpc) is 2.72. The molecule has 0 saturated carbocycles. The number of aliphatic hydroxyl groups is 1. The minimum Gasteiger partial charge on any atom is -0.504 e. The fourth-order valence-corrected chi connectivity index (χ4v) is 4.28. The normalized spacial score (nSPS) is 22.2. The maximum atomic E-state index is 14.3. The number of fused-ring (bicyclic) bond motifs is 2. The number of phenols is 1. The number of halogens is 5. The first-order valence-electron chi connectivity index (χ1n) is 9.62. The predicted molar refractivity (Wildman–Crippen MR) is 113 cm³/mol. The number of aryl methyl sites for hydroxylation is 1. The van der Waals surface area contributed by atoms with E-state index in [9.17, 15) is 27.8 Å². The highest BCUT2D eigenvalue weighted by atomic mass is 35.5. The van der Waals surface area contributed by atoms with Crippen LogP contribution in [-0.2, 0) is 0 Å². The third kappa shape index (κ3) is 3.36. The van der Waals surface area contributed by atoms with Gasteiger partial charge in [0.2, 0.25) is 0 Å². The van der Waals surface area contributed by atoms with Crippen molar-refractivity contribution in [3.05, 3.63) is 64.3 Å². The van der Waals surface area contributed by atoms with Gasteiger partial charge in [-0.1, -0.05) is 23.7 Å². The number of benzene rings is 2. The summed E-state index contributed by atoms with van der Waals surface area (Å²) in [7, 11) is 0. The number of aromatic nitrogens is 2. The molecule has 0 saturated heterocycles. The fraction of sp³-hybridized carbons (Fsp3) is 0.273. The van der Waals surface area contributed by atoms with Crippen LogP contribution in [0.3, 0.4) is 0 Å². The molecule has 10 heteroatoms. The lowest BCUT2D eigenvalue weighted by atomic mass is 9.72. The van der Waals surface area contributed by atoms with Crippen LogP contribution in [0.2, 0.25) is 5.02 Å². The number of alkyl halides is 3. The number of anilines is 1.